The molecule has 7 nitrogen and oxygen atoms in total. The zero-order valence-electron chi connectivity index (χ0n) is 13.0. The molecular weight excluding hydrogens is 322 g/mol. The second-order valence-corrected chi connectivity index (χ2v) is 7.32. The van der Waals surface area contributed by atoms with Crippen molar-refractivity contribution in [2.75, 3.05) is 13.7 Å². The van der Waals surface area contributed by atoms with Gasteiger partial charge in [0.2, 0.25) is 10.0 Å². The molecule has 8 heteroatoms. The number of carboxylic acids is 1. The molecule has 1 aliphatic rings. The molecule has 1 fully saturated rings. The van der Waals surface area contributed by atoms with Crippen LogP contribution in [0.15, 0.2) is 23.1 Å². The monoisotopic (exact) mass is 341 g/mol. The van der Waals surface area contributed by atoms with Gasteiger partial charge in [0.25, 0.3) is 0 Å². The van der Waals surface area contributed by atoms with Crippen LogP contribution in [0.1, 0.15) is 35.2 Å². The van der Waals surface area contributed by atoms with Crippen LogP contribution in [0.3, 0.4) is 0 Å². The summed E-state index contributed by atoms with van der Waals surface area (Å²) in [5, 5.41) is 9.29. The lowest BCUT2D eigenvalue weighted by atomic mass is 10.1. The number of piperidine rings is 1. The summed E-state index contributed by atoms with van der Waals surface area (Å²) in [5.74, 6) is -1.95. The predicted molar refractivity (Wildman–Crippen MR) is 81.7 cm³/mol. The maximum atomic E-state index is 12.9. The molecule has 2 rings (SSSR count). The third-order valence-corrected chi connectivity index (χ3v) is 5.83. The van der Waals surface area contributed by atoms with E-state index in [2.05, 4.69) is 4.74 Å². The van der Waals surface area contributed by atoms with Crippen LogP contribution in [-0.2, 0) is 19.6 Å². The average Bonchev–Trinajstić information content (AvgIpc) is 2.53. The number of carbonyl (C=O) groups is 2. The van der Waals surface area contributed by atoms with Crippen molar-refractivity contribution in [3.8, 4) is 0 Å². The highest BCUT2D eigenvalue weighted by molar-refractivity contribution is 7.89. The van der Waals surface area contributed by atoms with Gasteiger partial charge in [0.05, 0.1) is 17.6 Å². The van der Waals surface area contributed by atoms with E-state index < -0.39 is 28.0 Å². The minimum atomic E-state index is -4.11. The maximum Gasteiger partial charge on any atom is 0.339 e. The number of sulfonamides is 1. The second-order valence-electron chi connectivity index (χ2n) is 5.46. The van der Waals surface area contributed by atoms with Crippen molar-refractivity contribution in [1.29, 1.82) is 0 Å². The van der Waals surface area contributed by atoms with E-state index in [1.54, 1.807) is 13.0 Å². The number of ether oxygens (including phenoxy) is 1. The molecule has 0 saturated carbocycles. The van der Waals surface area contributed by atoms with Gasteiger partial charge >= 0.3 is 11.9 Å². The largest absolute Gasteiger partial charge is 0.480 e. The first kappa shape index (κ1) is 17.4. The van der Waals surface area contributed by atoms with Crippen LogP contribution in [0.5, 0.6) is 0 Å². The van der Waals surface area contributed by atoms with E-state index in [1.165, 1.54) is 19.2 Å². The number of hydrogen-bond donors (Lipinski definition) is 1. The molecule has 1 aromatic carbocycles. The summed E-state index contributed by atoms with van der Waals surface area (Å²) in [6, 6.07) is 3.21. The summed E-state index contributed by atoms with van der Waals surface area (Å²) in [4.78, 5) is 23.1. The molecule has 0 bridgehead atoms. The van der Waals surface area contributed by atoms with E-state index in [9.17, 15) is 23.1 Å². The van der Waals surface area contributed by atoms with Gasteiger partial charge in [0, 0.05) is 6.54 Å². The zero-order valence-corrected chi connectivity index (χ0v) is 13.8. The normalized spacial score (nSPS) is 19.3. The zero-order chi connectivity index (χ0) is 17.2. The number of carbonyl (C=O) groups excluding carboxylic acids is 1. The Kier molecular flexibility index (Phi) is 5.06. The fourth-order valence-corrected chi connectivity index (χ4v) is 4.52. The van der Waals surface area contributed by atoms with E-state index in [1.807, 2.05) is 0 Å². The lowest BCUT2D eigenvalue weighted by Gasteiger charge is -2.32. The minimum Gasteiger partial charge on any atom is -0.480 e. The number of carboxylic acid groups (broad SMARTS) is 1. The molecule has 23 heavy (non-hydrogen) atoms. The van der Waals surface area contributed by atoms with Crippen molar-refractivity contribution >= 4 is 22.0 Å². The Morgan fingerprint density at radius 1 is 1.30 bits per heavy atom. The summed E-state index contributed by atoms with van der Waals surface area (Å²) >= 11 is 0. The molecule has 0 spiro atoms. The van der Waals surface area contributed by atoms with Gasteiger partial charge in [-0.2, -0.15) is 4.31 Å². The van der Waals surface area contributed by atoms with E-state index in [-0.39, 0.29) is 23.4 Å². The number of esters is 1. The van der Waals surface area contributed by atoms with Crippen molar-refractivity contribution in [2.24, 2.45) is 0 Å². The third-order valence-electron chi connectivity index (χ3n) is 3.87. The minimum absolute atomic E-state index is 0.0813. The van der Waals surface area contributed by atoms with Gasteiger partial charge in [-0.05, 0) is 38.3 Å². The number of aryl methyl sites for hydroxylation is 1. The fourth-order valence-electron chi connectivity index (χ4n) is 2.70. The van der Waals surface area contributed by atoms with Crippen LogP contribution in [0.25, 0.3) is 0 Å². The Morgan fingerprint density at radius 3 is 2.61 bits per heavy atom. The lowest BCUT2D eigenvalue weighted by Crippen LogP contribution is -2.48. The van der Waals surface area contributed by atoms with Gasteiger partial charge < -0.3 is 9.84 Å². The van der Waals surface area contributed by atoms with E-state index in [0.717, 1.165) is 4.31 Å². The molecule has 0 aliphatic carbocycles. The maximum absolute atomic E-state index is 12.9. The molecule has 1 saturated heterocycles. The SMILES string of the molecule is COC(=O)c1cc(C)ccc1S(=O)(=O)N1CCCCC1C(=O)O. The number of hydrogen-bond acceptors (Lipinski definition) is 5. The van der Waals surface area contributed by atoms with Gasteiger partial charge in [-0.3, -0.25) is 4.79 Å². The summed E-state index contributed by atoms with van der Waals surface area (Å²) in [6.07, 6.45) is 1.50. The predicted octanol–water partition coefficient (Wildman–Crippen LogP) is 1.41. The van der Waals surface area contributed by atoms with Crippen molar-refractivity contribution in [3.63, 3.8) is 0 Å². The highest BCUT2D eigenvalue weighted by atomic mass is 32.2. The average molecular weight is 341 g/mol. The van der Waals surface area contributed by atoms with Crippen molar-refractivity contribution < 1.29 is 27.9 Å². The molecule has 1 unspecified atom stereocenters. The van der Waals surface area contributed by atoms with Gasteiger partial charge in [-0.15, -0.1) is 0 Å². The standard InChI is InChI=1S/C15H19NO6S/c1-10-6-7-13(11(9-10)15(19)22-2)23(20,21)16-8-4-3-5-12(16)14(17)18/h6-7,9,12H,3-5,8H2,1-2H3,(H,17,18). The molecule has 0 aromatic heterocycles. The molecular formula is C15H19NO6S. The molecule has 1 aliphatic heterocycles. The molecule has 126 valence electrons. The number of benzene rings is 1. The first-order valence-electron chi connectivity index (χ1n) is 7.22. The van der Waals surface area contributed by atoms with E-state index >= 15 is 0 Å². The van der Waals surface area contributed by atoms with Gasteiger partial charge in [0.15, 0.2) is 0 Å². The molecule has 0 amide bonds. The van der Waals surface area contributed by atoms with Crippen LogP contribution >= 0.6 is 0 Å². The van der Waals surface area contributed by atoms with Gasteiger partial charge in [0.1, 0.15) is 6.04 Å². The first-order chi connectivity index (χ1) is 10.8. The Hall–Kier alpha value is -1.93. The Balaban J connectivity index is 2.55. The lowest BCUT2D eigenvalue weighted by molar-refractivity contribution is -0.142. The number of aliphatic carboxylic acids is 1. The Bertz CT molecular complexity index is 727. The smallest absolute Gasteiger partial charge is 0.339 e. The molecule has 1 heterocycles. The number of nitrogens with zero attached hydrogens (tertiary/aromatic N) is 1. The summed E-state index contributed by atoms with van der Waals surface area (Å²) < 4.78 is 31.4. The van der Waals surface area contributed by atoms with Gasteiger partial charge in [-0.1, -0.05) is 11.6 Å². The van der Waals surface area contributed by atoms with E-state index in [4.69, 9.17) is 0 Å². The van der Waals surface area contributed by atoms with Crippen molar-refractivity contribution in [3.05, 3.63) is 29.3 Å². The summed E-state index contributed by atoms with van der Waals surface area (Å²) in [7, 11) is -2.94. The first-order valence-corrected chi connectivity index (χ1v) is 8.66. The Labute approximate surface area is 134 Å². The fraction of sp³-hybridized carbons (Fsp3) is 0.467. The number of methoxy groups -OCH3 is 1. The van der Waals surface area contributed by atoms with Crippen LogP contribution in [0.2, 0.25) is 0 Å². The topological polar surface area (TPSA) is 101 Å². The number of rotatable bonds is 4. The third kappa shape index (κ3) is 3.37. The van der Waals surface area contributed by atoms with Crippen LogP contribution < -0.4 is 0 Å². The molecule has 1 aromatic rings. The van der Waals surface area contributed by atoms with Crippen LogP contribution in [-0.4, -0.2) is 49.5 Å². The summed E-state index contributed by atoms with van der Waals surface area (Å²) in [6.45, 7) is 1.84. The highest BCUT2D eigenvalue weighted by Gasteiger charge is 2.39. The molecule has 0 radical (unpaired) electrons. The van der Waals surface area contributed by atoms with E-state index in [0.29, 0.717) is 18.4 Å². The summed E-state index contributed by atoms with van der Waals surface area (Å²) in [5.41, 5.74) is 0.625. The second kappa shape index (κ2) is 6.67. The van der Waals surface area contributed by atoms with Crippen molar-refractivity contribution in [1.82, 2.24) is 4.31 Å². The van der Waals surface area contributed by atoms with Crippen molar-refractivity contribution in [2.45, 2.75) is 37.1 Å². The van der Waals surface area contributed by atoms with Crippen LogP contribution in [0, 0.1) is 6.92 Å². The molecule has 1 N–H and O–H groups in total. The quantitative estimate of drug-likeness (QED) is 0.831. The molecule has 1 atom stereocenters. The van der Waals surface area contributed by atoms with Crippen LogP contribution in [0.4, 0.5) is 0 Å². The highest BCUT2D eigenvalue weighted by Crippen LogP contribution is 2.28. The van der Waals surface area contributed by atoms with Gasteiger partial charge in [-0.25, -0.2) is 13.2 Å². The Morgan fingerprint density at radius 2 is 2.00 bits per heavy atom.